The number of halogens is 1. The molecule has 0 aliphatic carbocycles. The third-order valence-electron chi connectivity index (χ3n) is 2.03. The number of nitrogens with one attached hydrogen (secondary N) is 1. The predicted octanol–water partition coefficient (Wildman–Crippen LogP) is 0.962. The van der Waals surface area contributed by atoms with E-state index in [9.17, 15) is 9.18 Å². The predicted molar refractivity (Wildman–Crippen MR) is 52.0 cm³/mol. The molecular formula is C10H13FN2O. The first-order valence-corrected chi connectivity index (χ1v) is 4.34. The standard InChI is InChI=1S/C10H13FN2O/c1-13-9(6-10(12)14)7-2-4-8(11)5-3-7/h2-5,9,13H,6H2,1H3,(H2,12,14). The van der Waals surface area contributed by atoms with E-state index in [4.69, 9.17) is 5.73 Å². The Morgan fingerprint density at radius 1 is 1.50 bits per heavy atom. The monoisotopic (exact) mass is 196 g/mol. The Balaban J connectivity index is 2.78. The van der Waals surface area contributed by atoms with Gasteiger partial charge >= 0.3 is 0 Å². The van der Waals surface area contributed by atoms with Crippen LogP contribution in [-0.4, -0.2) is 13.0 Å². The fourth-order valence-electron chi connectivity index (χ4n) is 1.28. The number of carbonyl (C=O) groups excluding carboxylic acids is 1. The Bertz CT molecular complexity index is 310. The van der Waals surface area contributed by atoms with Crippen LogP contribution >= 0.6 is 0 Å². The summed E-state index contributed by atoms with van der Waals surface area (Å²) < 4.78 is 12.6. The average molecular weight is 196 g/mol. The lowest BCUT2D eigenvalue weighted by molar-refractivity contribution is -0.118. The minimum Gasteiger partial charge on any atom is -0.370 e. The van der Waals surface area contributed by atoms with Crippen molar-refractivity contribution in [1.29, 1.82) is 0 Å². The third-order valence-corrected chi connectivity index (χ3v) is 2.03. The number of benzene rings is 1. The molecule has 0 aromatic heterocycles. The number of hydrogen-bond acceptors (Lipinski definition) is 2. The van der Waals surface area contributed by atoms with Crippen molar-refractivity contribution < 1.29 is 9.18 Å². The highest BCUT2D eigenvalue weighted by Crippen LogP contribution is 2.16. The minimum absolute atomic E-state index is 0.145. The lowest BCUT2D eigenvalue weighted by atomic mass is 10.0. The van der Waals surface area contributed by atoms with Crippen LogP contribution in [0.3, 0.4) is 0 Å². The van der Waals surface area contributed by atoms with E-state index in [1.54, 1.807) is 19.2 Å². The molecule has 0 spiro atoms. The highest BCUT2D eigenvalue weighted by atomic mass is 19.1. The third kappa shape index (κ3) is 2.81. The van der Waals surface area contributed by atoms with E-state index in [1.165, 1.54) is 12.1 Å². The molecule has 1 aromatic carbocycles. The van der Waals surface area contributed by atoms with Crippen LogP contribution in [0.2, 0.25) is 0 Å². The van der Waals surface area contributed by atoms with Crippen molar-refractivity contribution in [3.05, 3.63) is 35.6 Å². The second kappa shape index (κ2) is 4.72. The largest absolute Gasteiger partial charge is 0.370 e. The molecule has 4 heteroatoms. The summed E-state index contributed by atoms with van der Waals surface area (Å²) >= 11 is 0. The summed E-state index contributed by atoms with van der Waals surface area (Å²) in [5, 5.41) is 2.95. The Morgan fingerprint density at radius 3 is 2.50 bits per heavy atom. The molecule has 0 fully saturated rings. The number of hydrogen-bond donors (Lipinski definition) is 2. The molecule has 1 aromatic rings. The maximum absolute atomic E-state index is 12.6. The Hall–Kier alpha value is -1.42. The van der Waals surface area contributed by atoms with Gasteiger partial charge in [-0.1, -0.05) is 12.1 Å². The molecule has 1 unspecified atom stereocenters. The van der Waals surface area contributed by atoms with E-state index in [2.05, 4.69) is 5.32 Å². The molecule has 0 saturated carbocycles. The van der Waals surface area contributed by atoms with Crippen molar-refractivity contribution in [3.8, 4) is 0 Å². The zero-order valence-corrected chi connectivity index (χ0v) is 7.96. The fraction of sp³-hybridized carbons (Fsp3) is 0.300. The van der Waals surface area contributed by atoms with E-state index in [0.29, 0.717) is 0 Å². The smallest absolute Gasteiger partial charge is 0.219 e. The topological polar surface area (TPSA) is 55.1 Å². The maximum Gasteiger partial charge on any atom is 0.219 e. The summed E-state index contributed by atoms with van der Waals surface area (Å²) in [5.74, 6) is -0.670. The molecule has 0 saturated heterocycles. The molecular weight excluding hydrogens is 183 g/mol. The molecule has 76 valence electrons. The number of amides is 1. The van der Waals surface area contributed by atoms with Gasteiger partial charge in [0.2, 0.25) is 5.91 Å². The van der Waals surface area contributed by atoms with Gasteiger partial charge in [-0.05, 0) is 24.7 Å². The molecule has 14 heavy (non-hydrogen) atoms. The lowest BCUT2D eigenvalue weighted by Gasteiger charge is -2.14. The summed E-state index contributed by atoms with van der Waals surface area (Å²) in [5.41, 5.74) is 5.94. The van der Waals surface area contributed by atoms with Gasteiger partial charge in [0, 0.05) is 12.5 Å². The highest BCUT2D eigenvalue weighted by molar-refractivity contribution is 5.74. The van der Waals surface area contributed by atoms with Gasteiger partial charge in [-0.3, -0.25) is 4.79 Å². The van der Waals surface area contributed by atoms with Gasteiger partial charge in [-0.15, -0.1) is 0 Å². The zero-order chi connectivity index (χ0) is 10.6. The quantitative estimate of drug-likeness (QED) is 0.753. The van der Waals surface area contributed by atoms with Crippen LogP contribution in [0.4, 0.5) is 4.39 Å². The van der Waals surface area contributed by atoms with E-state index in [-0.39, 0.29) is 24.2 Å². The molecule has 0 bridgehead atoms. The first kappa shape index (κ1) is 10.7. The van der Waals surface area contributed by atoms with Crippen LogP contribution in [0.15, 0.2) is 24.3 Å². The number of nitrogens with two attached hydrogens (primary N) is 1. The van der Waals surface area contributed by atoms with Crippen LogP contribution in [0.5, 0.6) is 0 Å². The molecule has 3 N–H and O–H groups in total. The highest BCUT2D eigenvalue weighted by Gasteiger charge is 2.11. The van der Waals surface area contributed by atoms with E-state index in [1.807, 2.05) is 0 Å². The molecule has 1 rings (SSSR count). The minimum atomic E-state index is -0.381. The van der Waals surface area contributed by atoms with Crippen molar-refractivity contribution in [2.45, 2.75) is 12.5 Å². The van der Waals surface area contributed by atoms with E-state index in [0.717, 1.165) is 5.56 Å². The van der Waals surface area contributed by atoms with Crippen molar-refractivity contribution >= 4 is 5.91 Å². The van der Waals surface area contributed by atoms with E-state index < -0.39 is 0 Å². The number of primary amides is 1. The summed E-state index contributed by atoms with van der Waals surface area (Å²) in [4.78, 5) is 10.7. The Morgan fingerprint density at radius 2 is 2.07 bits per heavy atom. The van der Waals surface area contributed by atoms with Gasteiger partial charge in [0.05, 0.1) is 0 Å². The van der Waals surface area contributed by atoms with Crippen LogP contribution in [0.1, 0.15) is 18.0 Å². The molecule has 1 amide bonds. The fourth-order valence-corrected chi connectivity index (χ4v) is 1.28. The first-order chi connectivity index (χ1) is 6.63. The number of carbonyl (C=O) groups is 1. The maximum atomic E-state index is 12.6. The van der Waals surface area contributed by atoms with Gasteiger partial charge < -0.3 is 11.1 Å². The second-order valence-corrected chi connectivity index (χ2v) is 3.06. The normalized spacial score (nSPS) is 12.4. The molecule has 3 nitrogen and oxygen atoms in total. The summed E-state index contributed by atoms with van der Waals surface area (Å²) in [6.45, 7) is 0. The van der Waals surface area contributed by atoms with Crippen molar-refractivity contribution in [2.24, 2.45) is 5.73 Å². The van der Waals surface area contributed by atoms with Gasteiger partial charge in [0.1, 0.15) is 5.82 Å². The summed E-state index contributed by atoms with van der Waals surface area (Å²) in [6, 6.07) is 5.85. The SMILES string of the molecule is CNC(CC(N)=O)c1ccc(F)cc1. The Kier molecular flexibility index (Phi) is 3.59. The molecule has 0 radical (unpaired) electrons. The van der Waals surface area contributed by atoms with Crippen molar-refractivity contribution in [3.63, 3.8) is 0 Å². The van der Waals surface area contributed by atoms with Gasteiger partial charge in [0.25, 0.3) is 0 Å². The van der Waals surface area contributed by atoms with Crippen LogP contribution in [0.25, 0.3) is 0 Å². The Labute approximate surface area is 82.1 Å². The molecule has 0 heterocycles. The zero-order valence-electron chi connectivity index (χ0n) is 7.96. The van der Waals surface area contributed by atoms with Gasteiger partial charge in [0.15, 0.2) is 0 Å². The van der Waals surface area contributed by atoms with Crippen LogP contribution in [-0.2, 0) is 4.79 Å². The molecule has 0 aliphatic rings. The summed E-state index contributed by atoms with van der Waals surface area (Å²) in [7, 11) is 1.73. The van der Waals surface area contributed by atoms with Gasteiger partial charge in [-0.2, -0.15) is 0 Å². The van der Waals surface area contributed by atoms with Crippen LogP contribution < -0.4 is 11.1 Å². The van der Waals surface area contributed by atoms with Crippen molar-refractivity contribution in [2.75, 3.05) is 7.05 Å². The first-order valence-electron chi connectivity index (χ1n) is 4.34. The summed E-state index contributed by atoms with van der Waals surface area (Å²) in [6.07, 6.45) is 0.210. The van der Waals surface area contributed by atoms with Crippen LogP contribution in [0, 0.1) is 5.82 Å². The van der Waals surface area contributed by atoms with Gasteiger partial charge in [-0.25, -0.2) is 4.39 Å². The molecule has 1 atom stereocenters. The number of rotatable bonds is 4. The second-order valence-electron chi connectivity index (χ2n) is 3.06. The lowest BCUT2D eigenvalue weighted by Crippen LogP contribution is -2.23. The average Bonchev–Trinajstić information content (AvgIpc) is 2.15. The van der Waals surface area contributed by atoms with Crippen molar-refractivity contribution in [1.82, 2.24) is 5.32 Å². The molecule has 0 aliphatic heterocycles. The van der Waals surface area contributed by atoms with E-state index >= 15 is 0 Å².